The van der Waals surface area contributed by atoms with Gasteiger partial charge in [-0.25, -0.2) is 0 Å². The van der Waals surface area contributed by atoms with E-state index < -0.39 is 0 Å². The van der Waals surface area contributed by atoms with Crippen molar-refractivity contribution in [1.29, 1.82) is 0 Å². The first-order valence-corrected chi connectivity index (χ1v) is 4.77. The molecule has 0 spiro atoms. The highest BCUT2D eigenvalue weighted by Gasteiger charge is 2.15. The fraction of sp³-hybridized carbons (Fsp3) is 0.300. The first-order chi connectivity index (χ1) is 6.68. The van der Waals surface area contributed by atoms with Gasteiger partial charge >= 0.3 is 0 Å². The van der Waals surface area contributed by atoms with Crippen molar-refractivity contribution in [2.45, 2.75) is 6.92 Å². The Morgan fingerprint density at radius 1 is 1.29 bits per heavy atom. The van der Waals surface area contributed by atoms with Crippen LogP contribution >= 0.6 is 12.6 Å². The van der Waals surface area contributed by atoms with Gasteiger partial charge in [0.25, 0.3) is 0 Å². The van der Waals surface area contributed by atoms with Gasteiger partial charge in [-0.15, -0.1) is 12.6 Å². The molecule has 0 saturated heterocycles. The van der Waals surface area contributed by atoms with Crippen molar-refractivity contribution in [3.8, 4) is 11.5 Å². The first-order valence-electron chi connectivity index (χ1n) is 4.32. The average molecular weight is 210 g/mol. The average Bonchev–Trinajstić information content (AvgIpc) is 2.16. The number of fused-ring (bicyclic) bond motifs is 1. The van der Waals surface area contributed by atoms with E-state index in [1.165, 1.54) is 0 Å². The van der Waals surface area contributed by atoms with Crippen molar-refractivity contribution in [1.82, 2.24) is 0 Å². The van der Waals surface area contributed by atoms with Gasteiger partial charge in [0.2, 0.25) is 5.12 Å². The molecule has 1 aromatic carbocycles. The number of carbonyl (C=O) groups excluding carboxylic acids is 1. The zero-order valence-electron chi connectivity index (χ0n) is 7.74. The highest BCUT2D eigenvalue weighted by molar-refractivity contribution is 7.97. The second-order valence-electron chi connectivity index (χ2n) is 3.12. The van der Waals surface area contributed by atoms with E-state index >= 15 is 0 Å². The van der Waals surface area contributed by atoms with Gasteiger partial charge in [-0.1, -0.05) is 0 Å². The van der Waals surface area contributed by atoms with Gasteiger partial charge in [-0.3, -0.25) is 4.79 Å². The van der Waals surface area contributed by atoms with Crippen LogP contribution in [0.15, 0.2) is 12.1 Å². The summed E-state index contributed by atoms with van der Waals surface area (Å²) in [7, 11) is 0. The van der Waals surface area contributed by atoms with Crippen molar-refractivity contribution in [3.63, 3.8) is 0 Å². The quantitative estimate of drug-likeness (QED) is 0.718. The van der Waals surface area contributed by atoms with Crippen LogP contribution in [0.4, 0.5) is 0 Å². The molecule has 0 fully saturated rings. The van der Waals surface area contributed by atoms with Crippen LogP contribution in [0.5, 0.6) is 11.5 Å². The van der Waals surface area contributed by atoms with Gasteiger partial charge in [0.05, 0.1) is 0 Å². The lowest BCUT2D eigenvalue weighted by molar-refractivity contribution is 0.108. The fourth-order valence-electron chi connectivity index (χ4n) is 1.42. The summed E-state index contributed by atoms with van der Waals surface area (Å²) in [4.78, 5) is 11.1. The smallest absolute Gasteiger partial charge is 0.216 e. The number of rotatable bonds is 1. The molecule has 1 aliphatic rings. The topological polar surface area (TPSA) is 35.5 Å². The maximum Gasteiger partial charge on any atom is 0.216 e. The Morgan fingerprint density at radius 3 is 2.43 bits per heavy atom. The molecule has 1 aromatic rings. The van der Waals surface area contributed by atoms with E-state index in [1.54, 1.807) is 12.1 Å². The molecule has 14 heavy (non-hydrogen) atoms. The SMILES string of the molecule is Cc1cc2c(cc1C(=O)S)OCCO2. The van der Waals surface area contributed by atoms with Crippen LogP contribution in [-0.4, -0.2) is 18.3 Å². The Labute approximate surface area is 87.4 Å². The lowest BCUT2D eigenvalue weighted by Crippen LogP contribution is -2.16. The van der Waals surface area contributed by atoms with Crippen molar-refractivity contribution in [3.05, 3.63) is 23.3 Å². The molecule has 74 valence electrons. The van der Waals surface area contributed by atoms with Gasteiger partial charge < -0.3 is 9.47 Å². The summed E-state index contributed by atoms with van der Waals surface area (Å²) in [5.41, 5.74) is 1.42. The van der Waals surface area contributed by atoms with Crippen LogP contribution in [0.1, 0.15) is 15.9 Å². The Morgan fingerprint density at radius 2 is 1.86 bits per heavy atom. The van der Waals surface area contributed by atoms with Crippen LogP contribution in [0.2, 0.25) is 0 Å². The van der Waals surface area contributed by atoms with Crippen molar-refractivity contribution in [2.75, 3.05) is 13.2 Å². The van der Waals surface area contributed by atoms with Gasteiger partial charge in [0.1, 0.15) is 13.2 Å². The van der Waals surface area contributed by atoms with E-state index in [1.807, 2.05) is 6.92 Å². The minimum absolute atomic E-state index is 0.250. The molecule has 0 aromatic heterocycles. The van der Waals surface area contributed by atoms with Crippen molar-refractivity contribution < 1.29 is 14.3 Å². The molecule has 0 radical (unpaired) electrons. The molecular formula is C10H10O3S. The largest absolute Gasteiger partial charge is 0.486 e. The molecule has 0 unspecified atom stereocenters. The third-order valence-electron chi connectivity index (χ3n) is 2.12. The molecule has 0 saturated carbocycles. The van der Waals surface area contributed by atoms with E-state index in [0.717, 1.165) is 5.56 Å². The zero-order valence-corrected chi connectivity index (χ0v) is 8.64. The Bertz CT molecular complexity index is 387. The molecule has 0 atom stereocenters. The zero-order chi connectivity index (χ0) is 10.1. The highest BCUT2D eigenvalue weighted by atomic mass is 32.1. The number of hydrogen-bond donors (Lipinski definition) is 1. The highest BCUT2D eigenvalue weighted by Crippen LogP contribution is 2.33. The summed E-state index contributed by atoms with van der Waals surface area (Å²) in [6, 6.07) is 3.48. The lowest BCUT2D eigenvalue weighted by atomic mass is 10.1. The van der Waals surface area contributed by atoms with E-state index in [-0.39, 0.29) is 5.12 Å². The molecule has 1 heterocycles. The normalized spacial score (nSPS) is 13.9. The summed E-state index contributed by atoms with van der Waals surface area (Å²) in [6.07, 6.45) is 0. The maximum absolute atomic E-state index is 11.1. The van der Waals surface area contributed by atoms with Crippen LogP contribution in [0, 0.1) is 6.92 Å². The van der Waals surface area contributed by atoms with Crippen LogP contribution in [0.3, 0.4) is 0 Å². The standard InChI is InChI=1S/C10H10O3S/c1-6-4-8-9(13-3-2-12-8)5-7(6)10(11)14/h4-5H,2-3H2,1H3,(H,11,14). The van der Waals surface area contributed by atoms with E-state index in [4.69, 9.17) is 9.47 Å². The maximum atomic E-state index is 11.1. The summed E-state index contributed by atoms with van der Waals surface area (Å²) >= 11 is 3.79. The summed E-state index contributed by atoms with van der Waals surface area (Å²) < 4.78 is 10.7. The van der Waals surface area contributed by atoms with E-state index in [2.05, 4.69) is 12.6 Å². The Balaban J connectivity index is 2.50. The number of thiol groups is 1. The van der Waals surface area contributed by atoms with Gasteiger partial charge in [0.15, 0.2) is 11.5 Å². The first kappa shape index (κ1) is 9.40. The second-order valence-corrected chi connectivity index (χ2v) is 3.52. The summed E-state index contributed by atoms with van der Waals surface area (Å²) in [6.45, 7) is 2.93. The number of ether oxygens (including phenoxy) is 2. The van der Waals surface area contributed by atoms with E-state index in [9.17, 15) is 4.79 Å². The van der Waals surface area contributed by atoms with Crippen LogP contribution in [-0.2, 0) is 0 Å². The molecule has 0 aliphatic carbocycles. The van der Waals surface area contributed by atoms with Gasteiger partial charge in [-0.05, 0) is 24.6 Å². The minimum Gasteiger partial charge on any atom is -0.486 e. The Hall–Kier alpha value is -1.16. The number of benzene rings is 1. The molecule has 2 rings (SSSR count). The number of aryl methyl sites for hydroxylation is 1. The third kappa shape index (κ3) is 1.57. The molecule has 3 nitrogen and oxygen atoms in total. The lowest BCUT2D eigenvalue weighted by Gasteiger charge is -2.19. The third-order valence-corrected chi connectivity index (χ3v) is 2.36. The molecule has 0 bridgehead atoms. The number of hydrogen-bond acceptors (Lipinski definition) is 3. The van der Waals surface area contributed by atoms with Crippen molar-refractivity contribution >= 4 is 17.7 Å². The van der Waals surface area contributed by atoms with E-state index in [0.29, 0.717) is 30.3 Å². The Kier molecular flexibility index (Phi) is 2.37. The van der Waals surface area contributed by atoms with Crippen molar-refractivity contribution in [2.24, 2.45) is 0 Å². The van der Waals surface area contributed by atoms with Gasteiger partial charge in [0, 0.05) is 5.56 Å². The summed E-state index contributed by atoms with van der Waals surface area (Å²) in [5.74, 6) is 1.33. The monoisotopic (exact) mass is 210 g/mol. The molecular weight excluding hydrogens is 200 g/mol. The van der Waals surface area contributed by atoms with Crippen LogP contribution in [0.25, 0.3) is 0 Å². The predicted molar refractivity (Wildman–Crippen MR) is 55.5 cm³/mol. The summed E-state index contributed by atoms with van der Waals surface area (Å²) in [5, 5.41) is -0.250. The number of carbonyl (C=O) groups is 1. The molecule has 4 heteroatoms. The minimum atomic E-state index is -0.250. The fourth-order valence-corrected chi connectivity index (χ4v) is 1.66. The van der Waals surface area contributed by atoms with Gasteiger partial charge in [-0.2, -0.15) is 0 Å². The molecule has 1 aliphatic heterocycles. The van der Waals surface area contributed by atoms with Crippen LogP contribution < -0.4 is 9.47 Å². The molecule has 0 amide bonds. The molecule has 0 N–H and O–H groups in total. The predicted octanol–water partition coefficient (Wildman–Crippen LogP) is 1.84. The second kappa shape index (κ2) is 3.53.